The van der Waals surface area contributed by atoms with E-state index in [0.717, 1.165) is 16.0 Å². The first-order valence-corrected chi connectivity index (χ1v) is 10.7. The number of hydrogen-bond donors (Lipinski definition) is 2. The minimum absolute atomic E-state index is 0.157. The summed E-state index contributed by atoms with van der Waals surface area (Å²) in [4.78, 5) is 25.5. The third-order valence-corrected chi connectivity index (χ3v) is 5.24. The molecule has 162 valence electrons. The molecule has 0 bridgehead atoms. The van der Waals surface area contributed by atoms with Crippen LogP contribution in [0.2, 0.25) is 0 Å². The van der Waals surface area contributed by atoms with Gasteiger partial charge in [-0.3, -0.25) is 10.1 Å². The number of amides is 2. The zero-order valence-corrected chi connectivity index (χ0v) is 18.5. The number of hydrogen-bond acceptors (Lipinski definition) is 4. The van der Waals surface area contributed by atoms with Crippen molar-refractivity contribution in [3.63, 3.8) is 0 Å². The highest BCUT2D eigenvalue weighted by atomic mass is 32.1. The maximum absolute atomic E-state index is 13.3. The fourth-order valence-electron chi connectivity index (χ4n) is 2.95. The monoisotopic (exact) mass is 440 g/mol. The van der Waals surface area contributed by atoms with Crippen LogP contribution in [0.5, 0.6) is 0 Å². The van der Waals surface area contributed by atoms with Crippen molar-refractivity contribution in [2.24, 2.45) is 0 Å². The average Bonchev–Trinajstić information content (AvgIpc) is 3.21. The maximum Gasteiger partial charge on any atom is 0.412 e. The lowest BCUT2D eigenvalue weighted by Gasteiger charge is -2.20. The molecule has 0 fully saturated rings. The molecule has 5 nitrogen and oxygen atoms in total. The van der Waals surface area contributed by atoms with Crippen molar-refractivity contribution < 1.29 is 18.7 Å². The van der Waals surface area contributed by atoms with Crippen LogP contribution in [0.15, 0.2) is 66.0 Å². The molecule has 0 radical (unpaired) electrons. The van der Waals surface area contributed by atoms with Gasteiger partial charge in [0.25, 0.3) is 0 Å². The Morgan fingerprint density at radius 1 is 1.03 bits per heavy atom. The van der Waals surface area contributed by atoms with E-state index in [-0.39, 0.29) is 24.2 Å². The van der Waals surface area contributed by atoms with Crippen molar-refractivity contribution >= 4 is 29.0 Å². The molecule has 0 saturated carbocycles. The van der Waals surface area contributed by atoms with Crippen molar-refractivity contribution in [1.29, 1.82) is 0 Å². The number of nitrogens with one attached hydrogen (secondary N) is 2. The molecule has 7 heteroatoms. The Bertz CT molecular complexity index is 1010. The van der Waals surface area contributed by atoms with Gasteiger partial charge in [0.2, 0.25) is 5.91 Å². The first kappa shape index (κ1) is 22.5. The topological polar surface area (TPSA) is 67.4 Å². The van der Waals surface area contributed by atoms with Crippen LogP contribution in [-0.4, -0.2) is 17.6 Å². The smallest absolute Gasteiger partial charge is 0.412 e. The fourth-order valence-corrected chi connectivity index (χ4v) is 3.76. The molecule has 2 N–H and O–H groups in total. The van der Waals surface area contributed by atoms with Gasteiger partial charge < -0.3 is 10.1 Å². The van der Waals surface area contributed by atoms with Crippen molar-refractivity contribution in [2.75, 3.05) is 5.32 Å². The summed E-state index contributed by atoms with van der Waals surface area (Å²) in [5.74, 6) is -0.476. The molecule has 2 aromatic carbocycles. The van der Waals surface area contributed by atoms with Gasteiger partial charge in [-0.15, -0.1) is 11.3 Å². The van der Waals surface area contributed by atoms with E-state index in [1.54, 1.807) is 57.2 Å². The van der Waals surface area contributed by atoms with E-state index < -0.39 is 11.7 Å². The molecule has 0 aliphatic heterocycles. The number of ether oxygens (including phenoxy) is 1. The largest absolute Gasteiger partial charge is 0.444 e. The van der Waals surface area contributed by atoms with Crippen LogP contribution >= 0.6 is 11.3 Å². The third-order valence-electron chi connectivity index (χ3n) is 4.30. The average molecular weight is 441 g/mol. The van der Waals surface area contributed by atoms with E-state index in [0.29, 0.717) is 5.69 Å². The highest BCUT2D eigenvalue weighted by molar-refractivity contribution is 7.10. The van der Waals surface area contributed by atoms with E-state index >= 15 is 0 Å². The van der Waals surface area contributed by atoms with Crippen molar-refractivity contribution in [3.05, 3.63) is 87.9 Å². The Balaban J connectivity index is 1.63. The maximum atomic E-state index is 13.3. The molecule has 0 saturated heterocycles. The fraction of sp³-hybridized carbons (Fsp3) is 0.250. The lowest BCUT2D eigenvalue weighted by Crippen LogP contribution is -2.30. The summed E-state index contributed by atoms with van der Waals surface area (Å²) >= 11 is 1.53. The third kappa shape index (κ3) is 6.93. The number of anilines is 1. The Kier molecular flexibility index (Phi) is 7.07. The Hall–Kier alpha value is -3.19. The van der Waals surface area contributed by atoms with Gasteiger partial charge in [-0.2, -0.15) is 0 Å². The number of halogens is 1. The predicted molar refractivity (Wildman–Crippen MR) is 121 cm³/mol. The summed E-state index contributed by atoms with van der Waals surface area (Å²) < 4.78 is 18.5. The van der Waals surface area contributed by atoms with E-state index in [9.17, 15) is 14.0 Å². The number of carbonyl (C=O) groups excluding carboxylic acids is 2. The summed E-state index contributed by atoms with van der Waals surface area (Å²) in [6.45, 7) is 5.39. The molecule has 3 aromatic rings. The van der Waals surface area contributed by atoms with Gasteiger partial charge in [0.05, 0.1) is 12.5 Å². The predicted octanol–water partition coefficient (Wildman–Crippen LogP) is 5.68. The Labute approximate surface area is 185 Å². The molecule has 1 heterocycles. The lowest BCUT2D eigenvalue weighted by atomic mass is 10.0. The molecule has 0 aliphatic rings. The van der Waals surface area contributed by atoms with Crippen LogP contribution in [0.1, 0.15) is 42.8 Å². The van der Waals surface area contributed by atoms with E-state index in [2.05, 4.69) is 10.6 Å². The van der Waals surface area contributed by atoms with E-state index in [1.807, 2.05) is 17.5 Å². The number of thiophene rings is 1. The zero-order valence-electron chi connectivity index (χ0n) is 17.6. The second-order valence-corrected chi connectivity index (χ2v) is 9.05. The molecule has 0 aliphatic carbocycles. The highest BCUT2D eigenvalue weighted by Crippen LogP contribution is 2.26. The van der Waals surface area contributed by atoms with Gasteiger partial charge in [-0.25, -0.2) is 9.18 Å². The van der Waals surface area contributed by atoms with Crippen LogP contribution in [0, 0.1) is 5.82 Å². The molecule has 1 atom stereocenters. The molecule has 0 spiro atoms. The van der Waals surface area contributed by atoms with Crippen LogP contribution in [0.4, 0.5) is 14.9 Å². The minimum atomic E-state index is -0.578. The first-order chi connectivity index (χ1) is 14.7. The quantitative estimate of drug-likeness (QED) is 0.518. The van der Waals surface area contributed by atoms with Crippen molar-refractivity contribution in [3.8, 4) is 0 Å². The summed E-state index contributed by atoms with van der Waals surface area (Å²) in [5.41, 5.74) is 1.62. The van der Waals surface area contributed by atoms with Crippen LogP contribution in [0.25, 0.3) is 0 Å². The first-order valence-electron chi connectivity index (χ1n) is 9.87. The zero-order chi connectivity index (χ0) is 22.4. The van der Waals surface area contributed by atoms with Crippen molar-refractivity contribution in [2.45, 2.75) is 38.8 Å². The lowest BCUT2D eigenvalue weighted by molar-refractivity contribution is -0.120. The van der Waals surface area contributed by atoms with Gasteiger partial charge in [-0.05, 0) is 67.6 Å². The van der Waals surface area contributed by atoms with Gasteiger partial charge in [0.15, 0.2) is 0 Å². The molecular weight excluding hydrogens is 415 g/mol. The summed E-state index contributed by atoms with van der Waals surface area (Å²) in [7, 11) is 0. The van der Waals surface area contributed by atoms with Crippen LogP contribution in [0.3, 0.4) is 0 Å². The highest BCUT2D eigenvalue weighted by Gasteiger charge is 2.19. The summed E-state index contributed by atoms with van der Waals surface area (Å²) in [5, 5.41) is 7.64. The van der Waals surface area contributed by atoms with Crippen LogP contribution < -0.4 is 10.6 Å². The normalized spacial score (nSPS) is 12.1. The molecule has 31 heavy (non-hydrogen) atoms. The summed E-state index contributed by atoms with van der Waals surface area (Å²) in [6.07, 6.45) is -0.355. The Morgan fingerprint density at radius 2 is 1.71 bits per heavy atom. The second-order valence-electron chi connectivity index (χ2n) is 8.07. The summed E-state index contributed by atoms with van der Waals surface area (Å²) in [6, 6.07) is 16.7. The number of rotatable bonds is 6. The standard InChI is InChI=1S/C24H25FN2O3S/c1-24(2,3)30-23(29)26-19-12-6-16(7-13-19)15-21(28)27-22(20-5-4-14-31-20)17-8-10-18(25)11-9-17/h4-14,22H,15H2,1-3H3,(H,26,29)(H,27,28)/t22-/m1/s1. The van der Waals surface area contributed by atoms with Gasteiger partial charge >= 0.3 is 6.09 Å². The Morgan fingerprint density at radius 3 is 2.29 bits per heavy atom. The second kappa shape index (κ2) is 9.75. The molecule has 1 aromatic heterocycles. The number of carbonyl (C=O) groups is 2. The SMILES string of the molecule is CC(C)(C)OC(=O)Nc1ccc(CC(=O)N[C@H](c2ccc(F)cc2)c2cccs2)cc1. The van der Waals surface area contributed by atoms with Gasteiger partial charge in [-0.1, -0.05) is 30.3 Å². The van der Waals surface area contributed by atoms with E-state index in [4.69, 9.17) is 4.74 Å². The molecular formula is C24H25FN2O3S. The molecule has 0 unspecified atom stereocenters. The van der Waals surface area contributed by atoms with Gasteiger partial charge in [0.1, 0.15) is 11.4 Å². The minimum Gasteiger partial charge on any atom is -0.444 e. The van der Waals surface area contributed by atoms with Gasteiger partial charge in [0, 0.05) is 10.6 Å². The van der Waals surface area contributed by atoms with Crippen molar-refractivity contribution in [1.82, 2.24) is 5.32 Å². The molecule has 3 rings (SSSR count). The number of benzene rings is 2. The van der Waals surface area contributed by atoms with Crippen LogP contribution in [-0.2, 0) is 16.0 Å². The van der Waals surface area contributed by atoms with E-state index in [1.165, 1.54) is 23.5 Å². The molecule has 2 amide bonds.